The minimum absolute atomic E-state index is 0.0891. The normalized spacial score (nSPS) is 10.4. The van der Waals surface area contributed by atoms with Gasteiger partial charge in [0.1, 0.15) is 0 Å². The Morgan fingerprint density at radius 3 is 2.88 bits per heavy atom. The fraction of sp³-hybridized carbons (Fsp3) is 0.125. The van der Waals surface area contributed by atoms with Crippen LogP contribution in [0.3, 0.4) is 0 Å². The second-order valence-electron chi connectivity index (χ2n) is 5.12. The molecular weight excluding hydrogens is 306 g/mol. The molecule has 1 aromatic carbocycles. The number of carbonyl (C=O) groups excluding carboxylic acids is 1. The van der Waals surface area contributed by atoms with E-state index in [0.717, 1.165) is 11.3 Å². The zero-order chi connectivity index (χ0) is 16.9. The molecule has 3 aromatic rings. The van der Waals surface area contributed by atoms with Crippen molar-refractivity contribution in [1.82, 2.24) is 19.7 Å². The molecule has 3 rings (SSSR count). The van der Waals surface area contributed by atoms with Crippen LogP contribution in [-0.4, -0.2) is 32.7 Å². The number of hydrogen-bond acceptors (Lipinski definition) is 6. The van der Waals surface area contributed by atoms with Gasteiger partial charge in [-0.2, -0.15) is 5.10 Å². The summed E-state index contributed by atoms with van der Waals surface area (Å²) in [6.45, 7) is 0.596. The fourth-order valence-corrected chi connectivity index (χ4v) is 2.24. The summed E-state index contributed by atoms with van der Waals surface area (Å²) in [7, 11) is 1.87. The largest absolute Gasteiger partial charge is 0.388 e. The molecule has 0 spiro atoms. The Balaban J connectivity index is 1.69. The number of hydrogen-bond donors (Lipinski definition) is 3. The number of nitrogens with two attached hydrogens (primary N) is 1. The summed E-state index contributed by atoms with van der Waals surface area (Å²) in [5.41, 5.74) is 8.43. The molecule has 0 aliphatic heterocycles. The van der Waals surface area contributed by atoms with Crippen LogP contribution in [0.15, 0.2) is 49.1 Å². The van der Waals surface area contributed by atoms with Gasteiger partial charge in [-0.1, -0.05) is 12.1 Å². The molecule has 0 saturated carbocycles. The van der Waals surface area contributed by atoms with E-state index in [1.54, 1.807) is 17.1 Å². The van der Waals surface area contributed by atoms with E-state index in [9.17, 15) is 4.79 Å². The molecule has 0 aliphatic rings. The van der Waals surface area contributed by atoms with Gasteiger partial charge in [-0.15, -0.1) is 0 Å². The first-order chi connectivity index (χ1) is 11.7. The molecule has 0 saturated heterocycles. The zero-order valence-electron chi connectivity index (χ0n) is 13.1. The van der Waals surface area contributed by atoms with Crippen molar-refractivity contribution in [2.45, 2.75) is 6.54 Å². The molecule has 1 amide bonds. The Hall–Kier alpha value is -3.42. The monoisotopic (exact) mass is 323 g/mol. The van der Waals surface area contributed by atoms with Crippen molar-refractivity contribution in [2.75, 3.05) is 23.4 Å². The summed E-state index contributed by atoms with van der Waals surface area (Å²) < 4.78 is 1.74. The lowest BCUT2D eigenvalue weighted by Crippen LogP contribution is -2.16. The van der Waals surface area contributed by atoms with Crippen LogP contribution >= 0.6 is 0 Å². The number of nitrogen functional groups attached to an aromatic ring is 1. The second kappa shape index (κ2) is 6.78. The maximum Gasteiger partial charge on any atom is 0.278 e. The van der Waals surface area contributed by atoms with E-state index in [4.69, 9.17) is 5.73 Å². The molecule has 4 N–H and O–H groups in total. The van der Waals surface area contributed by atoms with Gasteiger partial charge >= 0.3 is 0 Å². The van der Waals surface area contributed by atoms with Crippen molar-refractivity contribution in [3.8, 4) is 0 Å². The number of nitrogens with one attached hydrogen (secondary N) is 2. The first kappa shape index (κ1) is 15.5. The average molecular weight is 323 g/mol. The number of amides is 1. The van der Waals surface area contributed by atoms with Crippen LogP contribution in [0.5, 0.6) is 0 Å². The highest BCUT2D eigenvalue weighted by Gasteiger charge is 2.13. The molecular formula is C16H17N7O. The lowest BCUT2D eigenvalue weighted by atomic mass is 10.2. The van der Waals surface area contributed by atoms with Crippen molar-refractivity contribution in [3.05, 3.63) is 60.3 Å². The van der Waals surface area contributed by atoms with Gasteiger partial charge in [-0.05, 0) is 17.7 Å². The predicted octanol–water partition coefficient (Wildman–Crippen LogP) is 1.60. The second-order valence-corrected chi connectivity index (χ2v) is 5.12. The molecule has 0 radical (unpaired) electrons. The van der Waals surface area contributed by atoms with Crippen LogP contribution in [0.25, 0.3) is 0 Å². The minimum Gasteiger partial charge on any atom is -0.388 e. The molecule has 2 aromatic heterocycles. The standard InChI is InChI=1S/C16H17N7O/c1-18-12-4-2-3-11(7-12)9-23-10-13(8-21-23)22-16(24)14-15(17)20-6-5-19-14/h2-8,10,18H,9H2,1H3,(H2,17,20)(H,22,24). The summed E-state index contributed by atoms with van der Waals surface area (Å²) in [4.78, 5) is 19.9. The number of aromatic nitrogens is 4. The summed E-state index contributed by atoms with van der Waals surface area (Å²) in [5, 5.41) is 10.1. The number of carbonyl (C=O) groups is 1. The Bertz CT molecular complexity index is 859. The minimum atomic E-state index is -0.419. The van der Waals surface area contributed by atoms with Gasteiger partial charge in [-0.3, -0.25) is 9.48 Å². The molecule has 0 fully saturated rings. The van der Waals surface area contributed by atoms with E-state index < -0.39 is 5.91 Å². The van der Waals surface area contributed by atoms with Crippen molar-refractivity contribution in [2.24, 2.45) is 0 Å². The van der Waals surface area contributed by atoms with E-state index in [2.05, 4.69) is 25.7 Å². The molecule has 8 nitrogen and oxygen atoms in total. The molecule has 0 bridgehead atoms. The topological polar surface area (TPSA) is 111 Å². The summed E-state index contributed by atoms with van der Waals surface area (Å²) >= 11 is 0. The number of anilines is 3. The summed E-state index contributed by atoms with van der Waals surface area (Å²) in [6, 6.07) is 8.02. The Morgan fingerprint density at radius 1 is 1.25 bits per heavy atom. The van der Waals surface area contributed by atoms with Gasteiger partial charge in [0.2, 0.25) is 0 Å². The maximum atomic E-state index is 12.1. The quantitative estimate of drug-likeness (QED) is 0.657. The fourth-order valence-electron chi connectivity index (χ4n) is 2.24. The van der Waals surface area contributed by atoms with E-state index in [-0.39, 0.29) is 11.5 Å². The highest BCUT2D eigenvalue weighted by Crippen LogP contribution is 2.13. The number of benzene rings is 1. The molecule has 8 heteroatoms. The summed E-state index contributed by atoms with van der Waals surface area (Å²) in [6.07, 6.45) is 6.18. The SMILES string of the molecule is CNc1cccc(Cn2cc(NC(=O)c3nccnc3N)cn2)c1. The molecule has 0 unspecified atom stereocenters. The van der Waals surface area contributed by atoms with E-state index in [1.165, 1.54) is 12.4 Å². The zero-order valence-corrected chi connectivity index (χ0v) is 13.1. The molecule has 122 valence electrons. The van der Waals surface area contributed by atoms with Crippen molar-refractivity contribution < 1.29 is 4.79 Å². The van der Waals surface area contributed by atoms with Gasteiger partial charge in [-0.25, -0.2) is 9.97 Å². The van der Waals surface area contributed by atoms with Crippen LogP contribution in [-0.2, 0) is 6.54 Å². The Morgan fingerprint density at radius 2 is 2.08 bits per heavy atom. The van der Waals surface area contributed by atoms with Gasteiger partial charge < -0.3 is 16.4 Å². The van der Waals surface area contributed by atoms with Crippen molar-refractivity contribution in [3.63, 3.8) is 0 Å². The van der Waals surface area contributed by atoms with Crippen molar-refractivity contribution >= 4 is 23.1 Å². The highest BCUT2D eigenvalue weighted by molar-refractivity contribution is 6.05. The predicted molar refractivity (Wildman–Crippen MR) is 91.7 cm³/mol. The van der Waals surface area contributed by atoms with Crippen LogP contribution in [0.1, 0.15) is 16.1 Å². The number of nitrogens with zero attached hydrogens (tertiary/aromatic N) is 4. The van der Waals surface area contributed by atoms with Gasteiger partial charge in [0.05, 0.1) is 18.4 Å². The first-order valence-electron chi connectivity index (χ1n) is 7.32. The van der Waals surface area contributed by atoms with Crippen LogP contribution in [0.2, 0.25) is 0 Å². The molecule has 2 heterocycles. The molecule has 0 aliphatic carbocycles. The average Bonchev–Trinajstić information content (AvgIpc) is 3.02. The smallest absolute Gasteiger partial charge is 0.278 e. The van der Waals surface area contributed by atoms with E-state index in [0.29, 0.717) is 12.2 Å². The van der Waals surface area contributed by atoms with Crippen molar-refractivity contribution in [1.29, 1.82) is 0 Å². The third-order valence-corrected chi connectivity index (χ3v) is 3.39. The van der Waals surface area contributed by atoms with E-state index >= 15 is 0 Å². The van der Waals surface area contributed by atoms with Crippen LogP contribution < -0.4 is 16.4 Å². The number of rotatable bonds is 5. The van der Waals surface area contributed by atoms with Gasteiger partial charge in [0.15, 0.2) is 11.5 Å². The van der Waals surface area contributed by atoms with Crippen LogP contribution in [0.4, 0.5) is 17.2 Å². The van der Waals surface area contributed by atoms with Gasteiger partial charge in [0, 0.05) is 31.3 Å². The molecule has 24 heavy (non-hydrogen) atoms. The lowest BCUT2D eigenvalue weighted by molar-refractivity contribution is 0.102. The highest BCUT2D eigenvalue weighted by atomic mass is 16.1. The Labute approximate surface area is 138 Å². The van der Waals surface area contributed by atoms with Crippen LogP contribution in [0, 0.1) is 0 Å². The first-order valence-corrected chi connectivity index (χ1v) is 7.32. The van der Waals surface area contributed by atoms with Gasteiger partial charge in [0.25, 0.3) is 5.91 Å². The molecule has 0 atom stereocenters. The van der Waals surface area contributed by atoms with E-state index in [1.807, 2.05) is 31.3 Å². The Kier molecular flexibility index (Phi) is 4.37. The lowest BCUT2D eigenvalue weighted by Gasteiger charge is -2.05. The third-order valence-electron chi connectivity index (χ3n) is 3.39. The maximum absolute atomic E-state index is 12.1. The summed E-state index contributed by atoms with van der Waals surface area (Å²) in [5.74, 6) is -0.330. The third kappa shape index (κ3) is 3.49.